The number of halogens is 2. The van der Waals surface area contributed by atoms with Crippen LogP contribution < -0.4 is 10.5 Å². The fourth-order valence-electron chi connectivity index (χ4n) is 1.03. The molecule has 1 rings (SSSR count). The second-order valence-corrected chi connectivity index (χ2v) is 3.42. The van der Waals surface area contributed by atoms with E-state index in [1.54, 1.807) is 24.3 Å². The van der Waals surface area contributed by atoms with Gasteiger partial charge in [-0.1, -0.05) is 12.2 Å². The van der Waals surface area contributed by atoms with E-state index in [0.717, 1.165) is 0 Å². The van der Waals surface area contributed by atoms with Crippen LogP contribution in [-0.2, 0) is 0 Å². The van der Waals surface area contributed by atoms with Crippen LogP contribution in [0.15, 0.2) is 22.7 Å². The molecule has 0 aliphatic rings. The average Bonchev–Trinajstić information content (AvgIpc) is 2.20. The van der Waals surface area contributed by atoms with Crippen LogP contribution in [0.1, 0.15) is 5.56 Å². The van der Waals surface area contributed by atoms with Gasteiger partial charge in [-0.2, -0.15) is 0 Å². The smallest absolute Gasteiger partial charge is 0.148 e. The quantitative estimate of drug-likeness (QED) is 0.906. The van der Waals surface area contributed by atoms with Crippen LogP contribution >= 0.6 is 15.9 Å². The minimum atomic E-state index is -0.339. The molecule has 0 heterocycles. The number of ether oxygens (including phenoxy) is 1. The lowest BCUT2D eigenvalue weighted by Gasteiger charge is -2.05. The van der Waals surface area contributed by atoms with Gasteiger partial charge < -0.3 is 10.5 Å². The normalized spacial score (nSPS) is 10.9. The van der Waals surface area contributed by atoms with Crippen molar-refractivity contribution in [1.29, 1.82) is 0 Å². The Kier molecular flexibility index (Phi) is 4.10. The number of hydrogen-bond donors (Lipinski definition) is 1. The molecule has 14 heavy (non-hydrogen) atoms. The van der Waals surface area contributed by atoms with Gasteiger partial charge in [0.05, 0.1) is 11.6 Å². The van der Waals surface area contributed by atoms with Gasteiger partial charge >= 0.3 is 0 Å². The van der Waals surface area contributed by atoms with E-state index in [2.05, 4.69) is 15.9 Å². The van der Waals surface area contributed by atoms with E-state index < -0.39 is 0 Å². The van der Waals surface area contributed by atoms with Crippen molar-refractivity contribution >= 4 is 22.0 Å². The second-order valence-electron chi connectivity index (χ2n) is 2.62. The molecule has 0 aromatic heterocycles. The summed E-state index contributed by atoms with van der Waals surface area (Å²) < 4.78 is 18.8. The first-order chi connectivity index (χ1) is 6.70. The summed E-state index contributed by atoms with van der Waals surface area (Å²) in [7, 11) is 1.49. The van der Waals surface area contributed by atoms with Gasteiger partial charge in [-0.25, -0.2) is 4.39 Å². The van der Waals surface area contributed by atoms with Crippen LogP contribution in [0.2, 0.25) is 0 Å². The minimum absolute atomic E-state index is 0.333. The van der Waals surface area contributed by atoms with Crippen molar-refractivity contribution < 1.29 is 9.13 Å². The number of rotatable bonds is 3. The molecule has 0 unspecified atom stereocenters. The summed E-state index contributed by atoms with van der Waals surface area (Å²) in [6, 6.07) is 3.34. The summed E-state index contributed by atoms with van der Waals surface area (Å²) in [5, 5.41) is 0. The van der Waals surface area contributed by atoms with E-state index in [9.17, 15) is 4.39 Å². The molecule has 2 nitrogen and oxygen atoms in total. The van der Waals surface area contributed by atoms with Crippen molar-refractivity contribution in [3.05, 3.63) is 34.1 Å². The molecule has 0 aliphatic carbocycles. The largest absolute Gasteiger partial charge is 0.495 e. The number of methoxy groups -OCH3 is 1. The van der Waals surface area contributed by atoms with Crippen molar-refractivity contribution in [2.24, 2.45) is 5.73 Å². The third kappa shape index (κ3) is 2.33. The lowest BCUT2D eigenvalue weighted by molar-refractivity contribution is 0.407. The predicted octanol–water partition coefficient (Wildman–Crippen LogP) is 2.57. The van der Waals surface area contributed by atoms with Gasteiger partial charge in [0.2, 0.25) is 0 Å². The van der Waals surface area contributed by atoms with E-state index >= 15 is 0 Å². The van der Waals surface area contributed by atoms with Crippen molar-refractivity contribution in [3.8, 4) is 5.75 Å². The van der Waals surface area contributed by atoms with E-state index in [4.69, 9.17) is 10.5 Å². The molecular weight excluding hydrogens is 249 g/mol. The van der Waals surface area contributed by atoms with Crippen molar-refractivity contribution in [2.45, 2.75) is 0 Å². The highest BCUT2D eigenvalue weighted by Crippen LogP contribution is 2.30. The fourth-order valence-corrected chi connectivity index (χ4v) is 1.55. The van der Waals surface area contributed by atoms with Gasteiger partial charge in [-0.05, 0) is 28.1 Å². The fraction of sp³-hybridized carbons (Fsp3) is 0.200. The van der Waals surface area contributed by atoms with E-state index in [0.29, 0.717) is 22.3 Å². The molecule has 1 aromatic rings. The van der Waals surface area contributed by atoms with Gasteiger partial charge in [-0.15, -0.1) is 0 Å². The molecule has 0 fully saturated rings. The average molecular weight is 260 g/mol. The zero-order valence-electron chi connectivity index (χ0n) is 7.76. The zero-order valence-corrected chi connectivity index (χ0v) is 9.34. The molecule has 76 valence electrons. The third-order valence-corrected chi connectivity index (χ3v) is 2.47. The molecule has 0 spiro atoms. The lowest BCUT2D eigenvalue weighted by atomic mass is 10.2. The Hall–Kier alpha value is -0.870. The Balaban J connectivity index is 3.10. The van der Waals surface area contributed by atoms with Crippen LogP contribution in [0.4, 0.5) is 4.39 Å². The van der Waals surface area contributed by atoms with Crippen LogP contribution in [0.5, 0.6) is 5.75 Å². The van der Waals surface area contributed by atoms with E-state index in [1.807, 2.05) is 0 Å². The molecule has 2 N–H and O–H groups in total. The van der Waals surface area contributed by atoms with Crippen molar-refractivity contribution in [2.75, 3.05) is 13.7 Å². The van der Waals surface area contributed by atoms with Crippen molar-refractivity contribution in [3.63, 3.8) is 0 Å². The Labute approximate surface area is 90.7 Å². The summed E-state index contributed by atoms with van der Waals surface area (Å²) in [5.74, 6) is 0.140. The van der Waals surface area contributed by atoms with Crippen LogP contribution in [0.25, 0.3) is 6.08 Å². The molecule has 0 aliphatic heterocycles. The maximum Gasteiger partial charge on any atom is 0.148 e. The molecule has 0 atom stereocenters. The minimum Gasteiger partial charge on any atom is -0.495 e. The third-order valence-electron chi connectivity index (χ3n) is 1.73. The summed E-state index contributed by atoms with van der Waals surface area (Å²) in [4.78, 5) is 0. The molecular formula is C10H11BrFNO. The van der Waals surface area contributed by atoms with E-state index in [-0.39, 0.29) is 5.82 Å². The Bertz CT molecular complexity index is 352. The Morgan fingerprint density at radius 2 is 2.29 bits per heavy atom. The summed E-state index contributed by atoms with van der Waals surface area (Å²) >= 11 is 3.12. The molecule has 0 radical (unpaired) electrons. The van der Waals surface area contributed by atoms with E-state index in [1.165, 1.54) is 7.11 Å². The SMILES string of the molecule is COc1ccc(/C=C/CN)c(F)c1Br. The lowest BCUT2D eigenvalue weighted by Crippen LogP contribution is -1.94. The summed E-state index contributed by atoms with van der Waals surface area (Å²) in [5.41, 5.74) is 5.76. The van der Waals surface area contributed by atoms with Gasteiger partial charge in [-0.3, -0.25) is 0 Å². The Morgan fingerprint density at radius 3 is 2.86 bits per heavy atom. The van der Waals surface area contributed by atoms with Gasteiger partial charge in [0.25, 0.3) is 0 Å². The van der Waals surface area contributed by atoms with Crippen LogP contribution in [-0.4, -0.2) is 13.7 Å². The molecule has 0 saturated carbocycles. The maximum absolute atomic E-state index is 13.6. The highest BCUT2D eigenvalue weighted by molar-refractivity contribution is 9.10. The predicted molar refractivity (Wildman–Crippen MR) is 58.7 cm³/mol. The monoisotopic (exact) mass is 259 g/mol. The zero-order chi connectivity index (χ0) is 10.6. The summed E-state index contributed by atoms with van der Waals surface area (Å²) in [6.45, 7) is 0.392. The van der Waals surface area contributed by atoms with Crippen molar-refractivity contribution in [1.82, 2.24) is 0 Å². The topological polar surface area (TPSA) is 35.2 Å². The molecule has 0 bridgehead atoms. The van der Waals surface area contributed by atoms with Crippen LogP contribution in [0.3, 0.4) is 0 Å². The number of nitrogens with two attached hydrogens (primary N) is 1. The maximum atomic E-state index is 13.6. The van der Waals surface area contributed by atoms with Crippen LogP contribution in [0, 0.1) is 5.82 Å². The molecule has 0 saturated heterocycles. The highest BCUT2D eigenvalue weighted by Gasteiger charge is 2.09. The second kappa shape index (κ2) is 5.12. The van der Waals surface area contributed by atoms with Gasteiger partial charge in [0.15, 0.2) is 0 Å². The standard InChI is InChI=1S/C10H11BrFNO/c1-14-8-5-4-7(3-2-6-13)10(12)9(8)11/h2-5H,6,13H2,1H3/b3-2+. The number of hydrogen-bond acceptors (Lipinski definition) is 2. The number of benzene rings is 1. The first kappa shape index (κ1) is 11.2. The summed E-state index contributed by atoms with van der Waals surface area (Å²) in [6.07, 6.45) is 3.33. The molecule has 0 amide bonds. The molecule has 1 aromatic carbocycles. The first-order valence-electron chi connectivity index (χ1n) is 4.09. The van der Waals surface area contributed by atoms with Gasteiger partial charge in [0.1, 0.15) is 11.6 Å². The Morgan fingerprint density at radius 1 is 1.57 bits per heavy atom. The first-order valence-corrected chi connectivity index (χ1v) is 4.88. The van der Waals surface area contributed by atoms with Gasteiger partial charge in [0, 0.05) is 12.1 Å². The molecule has 4 heteroatoms. The highest BCUT2D eigenvalue weighted by atomic mass is 79.9.